The molecule has 2 N–H and O–H groups in total. The molecule has 0 fully saturated rings. The van der Waals surface area contributed by atoms with E-state index in [0.29, 0.717) is 38.5 Å². The normalized spacial score (nSPS) is 12.1. The van der Waals surface area contributed by atoms with Crippen molar-refractivity contribution in [3.8, 4) is 17.2 Å². The lowest BCUT2D eigenvalue weighted by molar-refractivity contribution is -0.120. The van der Waals surface area contributed by atoms with Gasteiger partial charge < -0.3 is 14.2 Å². The van der Waals surface area contributed by atoms with E-state index in [1.165, 1.54) is 6.21 Å². The second kappa shape index (κ2) is 9.75. The molecule has 0 spiro atoms. The van der Waals surface area contributed by atoms with E-state index in [0.717, 1.165) is 15.8 Å². The maximum absolute atomic E-state index is 12.3. The summed E-state index contributed by atoms with van der Waals surface area (Å²) in [6, 6.07) is 10.2. The van der Waals surface area contributed by atoms with Gasteiger partial charge >= 0.3 is 0 Å². The quantitative estimate of drug-likeness (QED) is 0.364. The minimum Gasteiger partial charge on any atom is -0.497 e. The molecule has 0 aliphatic carbocycles. The van der Waals surface area contributed by atoms with Crippen LogP contribution in [0.5, 0.6) is 17.2 Å². The average Bonchev–Trinajstić information content (AvgIpc) is 3.42. The zero-order chi connectivity index (χ0) is 22.5. The summed E-state index contributed by atoms with van der Waals surface area (Å²) in [5.41, 5.74) is 3.60. The smallest absolute Gasteiger partial charge is 0.257 e. The van der Waals surface area contributed by atoms with E-state index in [-0.39, 0.29) is 25.0 Å². The molecule has 3 aromatic rings. The highest BCUT2D eigenvalue weighted by atomic mass is 79.9. The maximum atomic E-state index is 12.3. The number of rotatable bonds is 7. The summed E-state index contributed by atoms with van der Waals surface area (Å²) in [6.45, 7) is 0.170. The van der Waals surface area contributed by atoms with E-state index < -0.39 is 0 Å². The first-order valence-corrected chi connectivity index (χ1v) is 10.8. The summed E-state index contributed by atoms with van der Waals surface area (Å²) in [6.07, 6.45) is 1.46. The Labute approximate surface area is 194 Å². The third kappa shape index (κ3) is 5.21. The van der Waals surface area contributed by atoms with Crippen LogP contribution < -0.4 is 25.0 Å². The lowest BCUT2D eigenvalue weighted by Gasteiger charge is -2.02. The van der Waals surface area contributed by atoms with Crippen molar-refractivity contribution in [2.24, 2.45) is 5.10 Å². The van der Waals surface area contributed by atoms with Crippen molar-refractivity contribution in [3.63, 3.8) is 0 Å². The Hall–Kier alpha value is -3.51. The highest BCUT2D eigenvalue weighted by molar-refractivity contribution is 9.10. The van der Waals surface area contributed by atoms with Crippen LogP contribution >= 0.6 is 27.3 Å². The van der Waals surface area contributed by atoms with Crippen molar-refractivity contribution in [3.05, 3.63) is 57.0 Å². The molecular weight excluding hydrogens is 502 g/mol. The highest BCUT2D eigenvalue weighted by Gasteiger charge is 2.16. The molecule has 0 atom stereocenters. The molecule has 0 saturated carbocycles. The van der Waals surface area contributed by atoms with E-state index in [4.69, 9.17) is 14.2 Å². The largest absolute Gasteiger partial charge is 0.497 e. The molecule has 0 radical (unpaired) electrons. The number of aromatic nitrogens is 2. The molecule has 1 aromatic heterocycles. The van der Waals surface area contributed by atoms with Gasteiger partial charge in [-0.2, -0.15) is 5.10 Å². The minimum absolute atomic E-state index is 0.0320. The molecule has 10 nitrogen and oxygen atoms in total. The summed E-state index contributed by atoms with van der Waals surface area (Å²) < 4.78 is 16.4. The van der Waals surface area contributed by atoms with Gasteiger partial charge in [0.1, 0.15) is 10.8 Å². The summed E-state index contributed by atoms with van der Waals surface area (Å²) >= 11 is 4.53. The topological polar surface area (TPSA) is 124 Å². The summed E-state index contributed by atoms with van der Waals surface area (Å²) in [5.74, 6) is 1.20. The number of carbonyl (C=O) groups excluding carboxylic acids is 2. The number of methoxy groups -OCH3 is 1. The second-order valence-corrected chi connectivity index (χ2v) is 8.30. The zero-order valence-corrected chi connectivity index (χ0v) is 19.0. The van der Waals surface area contributed by atoms with Crippen molar-refractivity contribution >= 4 is 50.4 Å². The van der Waals surface area contributed by atoms with Gasteiger partial charge in [-0.05, 0) is 52.3 Å². The van der Waals surface area contributed by atoms with Crippen LogP contribution in [0.1, 0.15) is 20.9 Å². The Kier molecular flexibility index (Phi) is 6.61. The third-order valence-corrected chi connectivity index (χ3v) is 5.76. The van der Waals surface area contributed by atoms with Crippen LogP contribution in [0, 0.1) is 0 Å². The number of hydrogen-bond donors (Lipinski definition) is 2. The number of halogens is 1. The molecule has 32 heavy (non-hydrogen) atoms. The van der Waals surface area contributed by atoms with Crippen molar-refractivity contribution in [2.75, 3.05) is 19.2 Å². The van der Waals surface area contributed by atoms with Crippen molar-refractivity contribution in [1.82, 2.24) is 15.6 Å². The number of nitrogens with one attached hydrogen (secondary N) is 2. The highest BCUT2D eigenvalue weighted by Crippen LogP contribution is 2.36. The number of ether oxygens (including phenoxy) is 3. The number of amides is 2. The third-order valence-electron chi connectivity index (χ3n) is 4.24. The van der Waals surface area contributed by atoms with Gasteiger partial charge in [-0.1, -0.05) is 11.3 Å². The number of fused-ring (bicyclic) bond motifs is 1. The Morgan fingerprint density at radius 1 is 1.22 bits per heavy atom. The van der Waals surface area contributed by atoms with Crippen LogP contribution in [0.2, 0.25) is 0 Å². The van der Waals surface area contributed by atoms with Crippen molar-refractivity contribution in [2.45, 2.75) is 6.42 Å². The first-order chi connectivity index (χ1) is 15.5. The van der Waals surface area contributed by atoms with Gasteiger partial charge in [0.2, 0.25) is 17.8 Å². The number of nitrogens with zero attached hydrogens (tertiary/aromatic N) is 3. The number of carbonyl (C=O) groups is 2. The van der Waals surface area contributed by atoms with Crippen molar-refractivity contribution in [1.29, 1.82) is 0 Å². The van der Waals surface area contributed by atoms with Gasteiger partial charge in [0, 0.05) is 15.6 Å². The summed E-state index contributed by atoms with van der Waals surface area (Å²) in [4.78, 5) is 24.4. The van der Waals surface area contributed by atoms with E-state index in [2.05, 4.69) is 42.0 Å². The molecule has 2 amide bonds. The summed E-state index contributed by atoms with van der Waals surface area (Å²) in [7, 11) is 1.55. The SMILES string of the molecule is COc1ccc(C(=O)Nc2nnc(CC(=O)NN=Cc3cc4c(cc3Br)OCO4)s2)cc1. The predicted octanol–water partition coefficient (Wildman–Crippen LogP) is 2.98. The Morgan fingerprint density at radius 2 is 1.97 bits per heavy atom. The van der Waals surface area contributed by atoms with Gasteiger partial charge in [-0.15, -0.1) is 10.2 Å². The van der Waals surface area contributed by atoms with E-state index >= 15 is 0 Å². The number of hydrogen-bond acceptors (Lipinski definition) is 9. The van der Waals surface area contributed by atoms with Gasteiger partial charge in [-0.25, -0.2) is 5.43 Å². The lowest BCUT2D eigenvalue weighted by atomic mass is 10.2. The predicted molar refractivity (Wildman–Crippen MR) is 121 cm³/mol. The van der Waals surface area contributed by atoms with Gasteiger partial charge in [-0.3, -0.25) is 14.9 Å². The summed E-state index contributed by atoms with van der Waals surface area (Å²) in [5, 5.41) is 15.2. The van der Waals surface area contributed by atoms with Crippen LogP contribution in [-0.4, -0.2) is 42.1 Å². The molecule has 2 aromatic carbocycles. The Balaban J connectivity index is 1.30. The fourth-order valence-electron chi connectivity index (χ4n) is 2.67. The molecule has 12 heteroatoms. The molecule has 1 aliphatic rings. The fourth-order valence-corrected chi connectivity index (χ4v) is 3.83. The van der Waals surface area contributed by atoms with Gasteiger partial charge in [0.15, 0.2) is 11.5 Å². The fraction of sp³-hybridized carbons (Fsp3) is 0.150. The van der Waals surface area contributed by atoms with E-state index in [1.807, 2.05) is 0 Å². The van der Waals surface area contributed by atoms with Crippen LogP contribution in [0.15, 0.2) is 46.0 Å². The molecule has 0 bridgehead atoms. The first kappa shape index (κ1) is 21.7. The van der Waals surface area contributed by atoms with E-state index in [1.54, 1.807) is 43.5 Å². The van der Waals surface area contributed by atoms with Crippen LogP contribution in [0.25, 0.3) is 0 Å². The molecule has 164 valence electrons. The standard InChI is InChI=1S/C20H16BrN5O5S/c1-29-13-4-2-11(3-5-13)19(28)23-20-26-25-18(32-20)8-17(27)24-22-9-12-6-15-16(7-14(12)21)31-10-30-15/h2-7,9H,8,10H2,1H3,(H,24,27)(H,23,26,28). The monoisotopic (exact) mass is 517 g/mol. The molecular formula is C20H16BrN5O5S. The Morgan fingerprint density at radius 3 is 2.72 bits per heavy atom. The molecule has 0 unspecified atom stereocenters. The van der Waals surface area contributed by atoms with Crippen LogP contribution in [0.3, 0.4) is 0 Å². The molecule has 2 heterocycles. The number of anilines is 1. The Bertz CT molecular complexity index is 1180. The molecule has 4 rings (SSSR count). The maximum Gasteiger partial charge on any atom is 0.257 e. The molecule has 1 aliphatic heterocycles. The van der Waals surface area contributed by atoms with E-state index in [9.17, 15) is 9.59 Å². The lowest BCUT2D eigenvalue weighted by Crippen LogP contribution is -2.19. The minimum atomic E-state index is -0.373. The average molecular weight is 518 g/mol. The van der Waals surface area contributed by atoms with Crippen LogP contribution in [-0.2, 0) is 11.2 Å². The zero-order valence-electron chi connectivity index (χ0n) is 16.6. The number of hydrazone groups is 1. The van der Waals surface area contributed by atoms with Crippen LogP contribution in [0.4, 0.5) is 5.13 Å². The first-order valence-electron chi connectivity index (χ1n) is 9.20. The van der Waals surface area contributed by atoms with Gasteiger partial charge in [0.25, 0.3) is 5.91 Å². The second-order valence-electron chi connectivity index (χ2n) is 6.38. The number of benzene rings is 2. The van der Waals surface area contributed by atoms with Crippen molar-refractivity contribution < 1.29 is 23.8 Å². The van der Waals surface area contributed by atoms with Gasteiger partial charge in [0.05, 0.1) is 19.7 Å². The molecule has 0 saturated heterocycles.